The summed E-state index contributed by atoms with van der Waals surface area (Å²) in [5.41, 5.74) is 2.55. The van der Waals surface area contributed by atoms with Crippen molar-refractivity contribution in [2.24, 2.45) is 5.92 Å². The maximum Gasteiger partial charge on any atom is 0.240 e. The Morgan fingerprint density at radius 3 is 2.19 bits per heavy atom. The Kier molecular flexibility index (Phi) is 8.01. The zero-order chi connectivity index (χ0) is 25.7. The normalized spacial score (nSPS) is 18.9. The molecule has 1 heterocycles. The van der Waals surface area contributed by atoms with E-state index in [1.165, 1.54) is 12.1 Å². The summed E-state index contributed by atoms with van der Waals surface area (Å²) in [4.78, 5) is 17.1. The van der Waals surface area contributed by atoms with E-state index in [1.807, 2.05) is 13.0 Å². The third kappa shape index (κ3) is 6.27. The summed E-state index contributed by atoms with van der Waals surface area (Å²) in [6.45, 7) is 1.86. The van der Waals surface area contributed by atoms with Crippen molar-refractivity contribution >= 4 is 15.9 Å². The lowest BCUT2D eigenvalue weighted by molar-refractivity contribution is -0.126. The second-order valence-corrected chi connectivity index (χ2v) is 10.8. The summed E-state index contributed by atoms with van der Waals surface area (Å²) in [5, 5.41) is 2.99. The topological polar surface area (TPSA) is 97.4 Å². The van der Waals surface area contributed by atoms with E-state index in [2.05, 4.69) is 15.0 Å². The fourth-order valence-electron chi connectivity index (χ4n) is 4.43. The van der Waals surface area contributed by atoms with E-state index in [9.17, 15) is 17.6 Å². The number of hydrogen-bond donors (Lipinski definition) is 2. The number of carbonyl (C=O) groups is 1. The lowest BCUT2D eigenvalue weighted by Gasteiger charge is -2.29. The molecule has 2 aromatic carbocycles. The minimum atomic E-state index is -3.68. The zero-order valence-electron chi connectivity index (χ0n) is 20.3. The molecule has 7 nitrogen and oxygen atoms in total. The molecule has 0 saturated heterocycles. The molecule has 1 saturated carbocycles. The van der Waals surface area contributed by atoms with Crippen LogP contribution in [-0.4, -0.2) is 32.5 Å². The van der Waals surface area contributed by atoms with Gasteiger partial charge in [0.05, 0.1) is 18.0 Å². The maximum atomic E-state index is 13.1. The Labute approximate surface area is 211 Å². The SMILES string of the molecule is COc1ccc(-c2ccc(S(=O)(=O)N[C@H]3CC[C@H](C(=O)N[C@H](C)c4ccc(F)cc4)CC3)cc2)cn1. The number of hydrogen-bond acceptors (Lipinski definition) is 5. The monoisotopic (exact) mass is 511 g/mol. The molecule has 0 radical (unpaired) electrons. The molecule has 1 aliphatic carbocycles. The first kappa shape index (κ1) is 25.8. The Morgan fingerprint density at radius 2 is 1.61 bits per heavy atom. The van der Waals surface area contributed by atoms with Crippen LogP contribution in [0.2, 0.25) is 0 Å². The maximum absolute atomic E-state index is 13.1. The summed E-state index contributed by atoms with van der Waals surface area (Å²) >= 11 is 0. The van der Waals surface area contributed by atoms with Crippen LogP contribution >= 0.6 is 0 Å². The van der Waals surface area contributed by atoms with Crippen LogP contribution < -0.4 is 14.8 Å². The highest BCUT2D eigenvalue weighted by Gasteiger charge is 2.29. The standard InChI is InChI=1S/C27H30FN3O4S/c1-18(19-3-10-23(28)11-4-19)30-27(32)21-5-12-24(13-6-21)31-36(33,34)25-14-7-20(8-15-25)22-9-16-26(35-2)29-17-22/h3-4,7-11,14-18,21,24,31H,5-6,12-13H2,1-2H3,(H,30,32)/t18-,21-,24-/m1/s1. The highest BCUT2D eigenvalue weighted by atomic mass is 32.2. The lowest BCUT2D eigenvalue weighted by atomic mass is 9.85. The molecular weight excluding hydrogens is 481 g/mol. The fraction of sp³-hybridized carbons (Fsp3) is 0.333. The second kappa shape index (κ2) is 11.2. The first-order valence-electron chi connectivity index (χ1n) is 11.9. The van der Waals surface area contributed by atoms with Crippen molar-refractivity contribution < 1.29 is 22.3 Å². The van der Waals surface area contributed by atoms with Gasteiger partial charge in [0, 0.05) is 29.8 Å². The molecule has 1 aromatic heterocycles. The third-order valence-corrected chi connectivity index (χ3v) is 8.13. The van der Waals surface area contributed by atoms with E-state index in [0.717, 1.165) is 16.7 Å². The van der Waals surface area contributed by atoms with E-state index in [1.54, 1.807) is 55.8 Å². The minimum absolute atomic E-state index is 0.0586. The van der Waals surface area contributed by atoms with Gasteiger partial charge in [-0.15, -0.1) is 0 Å². The van der Waals surface area contributed by atoms with Gasteiger partial charge in [0.25, 0.3) is 0 Å². The van der Waals surface area contributed by atoms with E-state index in [0.29, 0.717) is 31.6 Å². The molecule has 4 rings (SSSR count). The van der Waals surface area contributed by atoms with E-state index >= 15 is 0 Å². The van der Waals surface area contributed by atoms with Crippen LogP contribution in [0.1, 0.15) is 44.2 Å². The predicted molar refractivity (Wildman–Crippen MR) is 135 cm³/mol. The number of rotatable bonds is 8. The Morgan fingerprint density at radius 1 is 0.972 bits per heavy atom. The van der Waals surface area contributed by atoms with Crippen LogP contribution in [0.4, 0.5) is 4.39 Å². The van der Waals surface area contributed by atoms with Crippen LogP contribution in [0.25, 0.3) is 11.1 Å². The number of nitrogens with one attached hydrogen (secondary N) is 2. The number of sulfonamides is 1. The molecule has 2 N–H and O–H groups in total. The molecule has 0 unspecified atom stereocenters. The largest absolute Gasteiger partial charge is 0.481 e. The van der Waals surface area contributed by atoms with Crippen molar-refractivity contribution in [3.63, 3.8) is 0 Å². The second-order valence-electron chi connectivity index (χ2n) is 9.07. The number of amides is 1. The van der Waals surface area contributed by atoms with Crippen molar-refractivity contribution in [2.45, 2.75) is 49.6 Å². The number of benzene rings is 2. The Balaban J connectivity index is 1.30. The van der Waals surface area contributed by atoms with Crippen LogP contribution in [-0.2, 0) is 14.8 Å². The molecule has 1 amide bonds. The fourth-order valence-corrected chi connectivity index (χ4v) is 5.73. The van der Waals surface area contributed by atoms with Crippen LogP contribution in [0.3, 0.4) is 0 Å². The quantitative estimate of drug-likeness (QED) is 0.460. The van der Waals surface area contributed by atoms with Gasteiger partial charge in [-0.3, -0.25) is 4.79 Å². The lowest BCUT2D eigenvalue weighted by Crippen LogP contribution is -2.41. The van der Waals surface area contributed by atoms with Crippen molar-refractivity contribution in [3.05, 3.63) is 78.2 Å². The van der Waals surface area contributed by atoms with Gasteiger partial charge >= 0.3 is 0 Å². The highest BCUT2D eigenvalue weighted by molar-refractivity contribution is 7.89. The van der Waals surface area contributed by atoms with Gasteiger partial charge in [-0.05, 0) is 74.1 Å². The first-order chi connectivity index (χ1) is 17.2. The number of halogens is 1. The van der Waals surface area contributed by atoms with Gasteiger partial charge in [0.2, 0.25) is 21.8 Å². The summed E-state index contributed by atoms with van der Waals surface area (Å²) in [7, 11) is -2.13. The highest BCUT2D eigenvalue weighted by Crippen LogP contribution is 2.27. The van der Waals surface area contributed by atoms with Crippen molar-refractivity contribution in [3.8, 4) is 17.0 Å². The number of ether oxygens (including phenoxy) is 1. The molecule has 9 heteroatoms. The Hall–Kier alpha value is -3.30. The molecular formula is C27H30FN3O4S. The first-order valence-corrected chi connectivity index (χ1v) is 13.4. The average molecular weight is 512 g/mol. The molecule has 1 fully saturated rings. The van der Waals surface area contributed by atoms with Crippen LogP contribution in [0.5, 0.6) is 5.88 Å². The number of nitrogens with zero attached hydrogens (tertiary/aromatic N) is 1. The summed E-state index contributed by atoms with van der Waals surface area (Å²) in [6, 6.07) is 15.9. The van der Waals surface area contributed by atoms with Crippen molar-refractivity contribution in [1.82, 2.24) is 15.0 Å². The van der Waals surface area contributed by atoms with Gasteiger partial charge < -0.3 is 10.1 Å². The zero-order valence-corrected chi connectivity index (χ0v) is 21.1. The molecule has 1 aliphatic rings. The predicted octanol–water partition coefficient (Wildman–Crippen LogP) is 4.61. The van der Waals surface area contributed by atoms with Crippen LogP contribution in [0, 0.1) is 11.7 Å². The van der Waals surface area contributed by atoms with E-state index < -0.39 is 10.0 Å². The smallest absolute Gasteiger partial charge is 0.240 e. The van der Waals surface area contributed by atoms with Gasteiger partial charge in [-0.2, -0.15) is 0 Å². The van der Waals surface area contributed by atoms with Gasteiger partial charge in [0.15, 0.2) is 0 Å². The van der Waals surface area contributed by atoms with Crippen LogP contribution in [0.15, 0.2) is 71.8 Å². The molecule has 1 atom stereocenters. The molecule has 36 heavy (non-hydrogen) atoms. The summed E-state index contributed by atoms with van der Waals surface area (Å²) in [5.74, 6) is -0.0388. The summed E-state index contributed by atoms with van der Waals surface area (Å²) in [6.07, 6.45) is 4.03. The number of carbonyl (C=O) groups excluding carboxylic acids is 1. The molecule has 0 aliphatic heterocycles. The van der Waals surface area contributed by atoms with E-state index in [-0.39, 0.29) is 34.6 Å². The van der Waals surface area contributed by atoms with Gasteiger partial charge in [0.1, 0.15) is 5.82 Å². The molecule has 0 bridgehead atoms. The van der Waals surface area contributed by atoms with Crippen molar-refractivity contribution in [1.29, 1.82) is 0 Å². The van der Waals surface area contributed by atoms with Crippen molar-refractivity contribution in [2.75, 3.05) is 7.11 Å². The minimum Gasteiger partial charge on any atom is -0.481 e. The van der Waals surface area contributed by atoms with E-state index in [4.69, 9.17) is 4.74 Å². The number of methoxy groups -OCH3 is 1. The molecule has 0 spiro atoms. The third-order valence-electron chi connectivity index (χ3n) is 6.59. The number of aromatic nitrogens is 1. The van der Waals surface area contributed by atoms with Gasteiger partial charge in [-0.25, -0.2) is 22.5 Å². The summed E-state index contributed by atoms with van der Waals surface area (Å²) < 4.78 is 46.9. The van der Waals surface area contributed by atoms with Gasteiger partial charge in [-0.1, -0.05) is 24.3 Å². The molecule has 3 aromatic rings. The average Bonchev–Trinajstić information content (AvgIpc) is 2.89. The Bertz CT molecular complexity index is 1270. The molecule has 190 valence electrons. The number of pyridine rings is 1.